The van der Waals surface area contributed by atoms with Crippen LogP contribution in [0.3, 0.4) is 0 Å². The quantitative estimate of drug-likeness (QED) is 0.705. The van der Waals surface area contributed by atoms with Gasteiger partial charge in [-0.1, -0.05) is 36.8 Å². The van der Waals surface area contributed by atoms with Gasteiger partial charge in [0, 0.05) is 13.1 Å². The third-order valence-electron chi connectivity index (χ3n) is 3.02. The van der Waals surface area contributed by atoms with E-state index in [2.05, 4.69) is 35.8 Å². The van der Waals surface area contributed by atoms with Crippen molar-refractivity contribution < 1.29 is 9.90 Å². The van der Waals surface area contributed by atoms with Gasteiger partial charge in [-0.15, -0.1) is 0 Å². The predicted molar refractivity (Wildman–Crippen MR) is 77.2 cm³/mol. The Hall–Kier alpha value is -1.55. The lowest BCUT2D eigenvalue weighted by Crippen LogP contribution is -2.37. The Bertz CT molecular complexity index is 393. The number of carbonyl (C=O) groups excluding carboxylic acids is 1. The number of urea groups is 1. The van der Waals surface area contributed by atoms with Gasteiger partial charge in [-0.2, -0.15) is 0 Å². The first-order valence-electron chi connectivity index (χ1n) is 6.87. The van der Waals surface area contributed by atoms with Crippen LogP contribution in [-0.4, -0.2) is 30.3 Å². The molecule has 106 valence electrons. The van der Waals surface area contributed by atoms with E-state index in [4.69, 9.17) is 0 Å². The first-order chi connectivity index (χ1) is 9.11. The third-order valence-corrected chi connectivity index (χ3v) is 3.02. The lowest BCUT2D eigenvalue weighted by molar-refractivity contribution is 0.160. The van der Waals surface area contributed by atoms with Crippen LogP contribution in [0.15, 0.2) is 24.3 Å². The minimum absolute atomic E-state index is 0.170. The summed E-state index contributed by atoms with van der Waals surface area (Å²) in [5.41, 5.74) is 2.46. The molecule has 4 nitrogen and oxygen atoms in total. The monoisotopic (exact) mass is 264 g/mol. The van der Waals surface area contributed by atoms with Gasteiger partial charge in [-0.05, 0) is 31.7 Å². The smallest absolute Gasteiger partial charge is 0.314 e. The molecule has 0 saturated carbocycles. The van der Waals surface area contributed by atoms with Crippen molar-refractivity contribution in [2.24, 2.45) is 0 Å². The van der Waals surface area contributed by atoms with Crippen molar-refractivity contribution in [2.75, 3.05) is 13.1 Å². The zero-order chi connectivity index (χ0) is 14.1. The third kappa shape index (κ3) is 6.82. The van der Waals surface area contributed by atoms with Crippen LogP contribution in [0.5, 0.6) is 0 Å². The van der Waals surface area contributed by atoms with Crippen molar-refractivity contribution in [1.82, 2.24) is 10.6 Å². The number of rotatable bonds is 7. The van der Waals surface area contributed by atoms with Crippen LogP contribution in [-0.2, 0) is 6.42 Å². The maximum atomic E-state index is 11.5. The number of hydrogen-bond acceptors (Lipinski definition) is 2. The average molecular weight is 264 g/mol. The highest BCUT2D eigenvalue weighted by Gasteiger charge is 2.03. The fourth-order valence-corrected chi connectivity index (χ4v) is 1.81. The molecule has 1 aromatic carbocycles. The van der Waals surface area contributed by atoms with Gasteiger partial charge in [-0.25, -0.2) is 4.79 Å². The van der Waals surface area contributed by atoms with E-state index in [0.29, 0.717) is 19.5 Å². The SMILES string of the molecule is CCC(O)CCNC(=O)NCCc1cccc(C)c1. The topological polar surface area (TPSA) is 61.4 Å². The number of hydrogen-bond donors (Lipinski definition) is 3. The minimum Gasteiger partial charge on any atom is -0.393 e. The summed E-state index contributed by atoms with van der Waals surface area (Å²) < 4.78 is 0. The van der Waals surface area contributed by atoms with Gasteiger partial charge in [-0.3, -0.25) is 0 Å². The molecule has 0 aromatic heterocycles. The summed E-state index contributed by atoms with van der Waals surface area (Å²) in [5.74, 6) is 0. The maximum absolute atomic E-state index is 11.5. The summed E-state index contributed by atoms with van der Waals surface area (Å²) in [6.07, 6.45) is 1.82. The van der Waals surface area contributed by atoms with Crippen LogP contribution in [0.4, 0.5) is 4.79 Å². The highest BCUT2D eigenvalue weighted by atomic mass is 16.3. The number of carbonyl (C=O) groups is 1. The van der Waals surface area contributed by atoms with Gasteiger partial charge in [0.1, 0.15) is 0 Å². The Morgan fingerprint density at radius 1 is 1.32 bits per heavy atom. The minimum atomic E-state index is -0.326. The van der Waals surface area contributed by atoms with Crippen LogP contribution in [0, 0.1) is 6.92 Å². The Balaban J connectivity index is 2.13. The molecule has 0 aliphatic carbocycles. The molecule has 19 heavy (non-hydrogen) atoms. The van der Waals surface area contributed by atoms with Crippen molar-refractivity contribution in [3.8, 4) is 0 Å². The lowest BCUT2D eigenvalue weighted by atomic mass is 10.1. The van der Waals surface area contributed by atoms with Gasteiger partial charge >= 0.3 is 6.03 Å². The normalized spacial score (nSPS) is 11.9. The second-order valence-corrected chi connectivity index (χ2v) is 4.77. The molecular formula is C15H24N2O2. The Labute approximate surface area is 115 Å². The zero-order valence-electron chi connectivity index (χ0n) is 11.8. The van der Waals surface area contributed by atoms with Gasteiger partial charge in [0.2, 0.25) is 0 Å². The predicted octanol–water partition coefficient (Wildman–Crippen LogP) is 2.00. The second-order valence-electron chi connectivity index (χ2n) is 4.77. The van der Waals surface area contributed by atoms with Crippen molar-refractivity contribution in [1.29, 1.82) is 0 Å². The molecule has 1 unspecified atom stereocenters. The molecule has 0 heterocycles. The summed E-state index contributed by atoms with van der Waals surface area (Å²) in [4.78, 5) is 11.5. The van der Waals surface area contributed by atoms with Crippen molar-refractivity contribution >= 4 is 6.03 Å². The van der Waals surface area contributed by atoms with E-state index < -0.39 is 0 Å². The molecule has 1 rings (SSSR count). The molecule has 0 bridgehead atoms. The van der Waals surface area contributed by atoms with Gasteiger partial charge < -0.3 is 15.7 Å². The highest BCUT2D eigenvalue weighted by Crippen LogP contribution is 2.03. The molecule has 0 fully saturated rings. The molecule has 0 aliphatic heterocycles. The van der Waals surface area contributed by atoms with Gasteiger partial charge in [0.15, 0.2) is 0 Å². The fraction of sp³-hybridized carbons (Fsp3) is 0.533. The van der Waals surface area contributed by atoms with E-state index in [0.717, 1.165) is 12.8 Å². The standard InChI is InChI=1S/C15H24N2O2/c1-3-14(18)8-10-17-15(19)16-9-7-13-6-4-5-12(2)11-13/h4-6,11,14,18H,3,7-10H2,1-2H3,(H2,16,17,19). The van der Waals surface area contributed by atoms with Crippen LogP contribution in [0.2, 0.25) is 0 Å². The molecule has 3 N–H and O–H groups in total. The van der Waals surface area contributed by atoms with E-state index in [9.17, 15) is 9.90 Å². The molecule has 4 heteroatoms. The van der Waals surface area contributed by atoms with Crippen molar-refractivity contribution in [3.63, 3.8) is 0 Å². The molecule has 2 amide bonds. The number of benzene rings is 1. The Morgan fingerprint density at radius 3 is 2.74 bits per heavy atom. The second kappa shape index (κ2) is 8.53. The van der Waals surface area contributed by atoms with Gasteiger partial charge in [0.05, 0.1) is 6.10 Å². The first-order valence-corrected chi connectivity index (χ1v) is 6.87. The number of nitrogens with one attached hydrogen (secondary N) is 2. The summed E-state index contributed by atoms with van der Waals surface area (Å²) in [6, 6.07) is 8.09. The van der Waals surface area contributed by atoms with E-state index >= 15 is 0 Å². The molecule has 1 aromatic rings. The van der Waals surface area contributed by atoms with E-state index in [1.165, 1.54) is 11.1 Å². The Kier molecular flexibility index (Phi) is 6.97. The summed E-state index contributed by atoms with van der Waals surface area (Å²) in [7, 11) is 0. The zero-order valence-corrected chi connectivity index (χ0v) is 11.8. The number of aryl methyl sites for hydroxylation is 1. The number of aliphatic hydroxyl groups excluding tert-OH is 1. The molecule has 0 radical (unpaired) electrons. The summed E-state index contributed by atoms with van der Waals surface area (Å²) in [6.45, 7) is 5.10. The highest BCUT2D eigenvalue weighted by molar-refractivity contribution is 5.73. The lowest BCUT2D eigenvalue weighted by Gasteiger charge is -2.10. The molecule has 1 atom stereocenters. The number of amides is 2. The van der Waals surface area contributed by atoms with Crippen LogP contribution >= 0.6 is 0 Å². The van der Waals surface area contributed by atoms with E-state index in [1.807, 2.05) is 13.0 Å². The largest absolute Gasteiger partial charge is 0.393 e. The molecule has 0 spiro atoms. The van der Waals surface area contributed by atoms with Gasteiger partial charge in [0.25, 0.3) is 0 Å². The molecular weight excluding hydrogens is 240 g/mol. The van der Waals surface area contributed by atoms with Crippen LogP contribution in [0.25, 0.3) is 0 Å². The number of aliphatic hydroxyl groups is 1. The van der Waals surface area contributed by atoms with E-state index in [-0.39, 0.29) is 12.1 Å². The maximum Gasteiger partial charge on any atom is 0.314 e. The fourth-order valence-electron chi connectivity index (χ4n) is 1.81. The van der Waals surface area contributed by atoms with Crippen LogP contribution in [0.1, 0.15) is 30.9 Å². The van der Waals surface area contributed by atoms with Crippen LogP contribution < -0.4 is 10.6 Å². The Morgan fingerprint density at radius 2 is 2.05 bits per heavy atom. The first kappa shape index (κ1) is 15.5. The average Bonchev–Trinajstić information content (AvgIpc) is 2.38. The molecule has 0 saturated heterocycles. The summed E-state index contributed by atoms with van der Waals surface area (Å²) >= 11 is 0. The summed E-state index contributed by atoms with van der Waals surface area (Å²) in [5, 5.41) is 14.9. The van der Waals surface area contributed by atoms with Crippen molar-refractivity contribution in [3.05, 3.63) is 35.4 Å². The van der Waals surface area contributed by atoms with Crippen molar-refractivity contribution in [2.45, 2.75) is 39.2 Å². The van der Waals surface area contributed by atoms with E-state index in [1.54, 1.807) is 0 Å². The molecule has 0 aliphatic rings.